The van der Waals surface area contributed by atoms with Gasteiger partial charge in [-0.15, -0.1) is 0 Å². The van der Waals surface area contributed by atoms with Gasteiger partial charge in [-0.1, -0.05) is 133 Å². The number of H-pyrrole nitrogens is 1. The number of nitrogens with one attached hydrogen (secondary N) is 1. The monoisotopic (exact) mass is 740 g/mol. The van der Waals surface area contributed by atoms with E-state index in [0.717, 1.165) is 72.9 Å². The topological polar surface area (TPSA) is 64.3 Å². The maximum atomic E-state index is 5.56. The van der Waals surface area contributed by atoms with Crippen molar-refractivity contribution in [2.24, 2.45) is 0 Å². The molecule has 5 heterocycles. The maximum Gasteiger partial charge on any atom is 0.146 e. The third-order valence-corrected chi connectivity index (χ3v) is 11.4. The molecule has 6 nitrogen and oxygen atoms in total. The van der Waals surface area contributed by atoms with E-state index in [1.807, 2.05) is 18.3 Å². The zero-order valence-corrected chi connectivity index (χ0v) is 33.2. The molecule has 0 saturated heterocycles. The van der Waals surface area contributed by atoms with Crippen molar-refractivity contribution in [2.45, 2.75) is 52.4 Å². The molecule has 5 aromatic carbocycles. The van der Waals surface area contributed by atoms with Crippen LogP contribution < -0.4 is 0 Å². The van der Waals surface area contributed by atoms with E-state index in [2.05, 4.69) is 189 Å². The predicted molar refractivity (Wildman–Crippen MR) is 237 cm³/mol. The van der Waals surface area contributed by atoms with E-state index in [1.54, 1.807) is 0 Å². The summed E-state index contributed by atoms with van der Waals surface area (Å²) in [6.45, 7) is 13.6. The van der Waals surface area contributed by atoms with Crippen LogP contribution in [0.25, 0.3) is 89.0 Å². The third kappa shape index (κ3) is 5.74. The highest BCUT2D eigenvalue weighted by Crippen LogP contribution is 2.41. The van der Waals surface area contributed by atoms with Crippen LogP contribution in [0.4, 0.5) is 0 Å². The predicted octanol–water partition coefficient (Wildman–Crippen LogP) is 13.0. The third-order valence-electron chi connectivity index (χ3n) is 11.4. The molecule has 0 aliphatic rings. The molecule has 6 heteroatoms. The first-order chi connectivity index (χ1) is 27.5. The minimum atomic E-state index is -0.0171. The standard InChI is InChI=1S/C51H44N6/c1-50(2,3)34-21-26-43-40(29-34)39-24-25-41(48-46(32-15-9-7-10-16-32)47(54-55-48)33-17-11-8-12-18-33)53-49(39)56(43)36-22-23-38-37-19-13-14-20-42(37)57(44(38)31-36)45-30-35(27-28-52-45)51(4,5)6/h7-31H,1-6H3,(H,54,55). The molecule has 5 aromatic heterocycles. The van der Waals surface area contributed by atoms with Crippen LogP contribution in [-0.2, 0) is 10.8 Å². The Kier molecular flexibility index (Phi) is 7.84. The number of fused-ring (bicyclic) bond motifs is 6. The number of benzene rings is 5. The fraction of sp³-hybridized carbons (Fsp3) is 0.157. The average molecular weight is 741 g/mol. The van der Waals surface area contributed by atoms with Gasteiger partial charge >= 0.3 is 0 Å². The van der Waals surface area contributed by atoms with E-state index < -0.39 is 0 Å². The molecule has 0 aliphatic heterocycles. The zero-order valence-electron chi connectivity index (χ0n) is 33.2. The molecule has 0 fully saturated rings. The highest BCUT2D eigenvalue weighted by Gasteiger charge is 2.24. The van der Waals surface area contributed by atoms with Gasteiger partial charge in [0.2, 0.25) is 0 Å². The molecule has 0 atom stereocenters. The summed E-state index contributed by atoms with van der Waals surface area (Å²) in [5.74, 6) is 0.908. The molecule has 10 aromatic rings. The second-order valence-corrected chi connectivity index (χ2v) is 17.1. The molecule has 0 bridgehead atoms. The van der Waals surface area contributed by atoms with Crippen molar-refractivity contribution >= 4 is 43.7 Å². The van der Waals surface area contributed by atoms with Gasteiger partial charge in [-0.05, 0) is 82.1 Å². The van der Waals surface area contributed by atoms with Gasteiger partial charge < -0.3 is 0 Å². The lowest BCUT2D eigenvalue weighted by atomic mass is 9.86. The number of para-hydroxylation sites is 1. The first kappa shape index (κ1) is 34.7. The summed E-state index contributed by atoms with van der Waals surface area (Å²) in [5.41, 5.74) is 13.5. The van der Waals surface area contributed by atoms with Crippen LogP contribution in [0.5, 0.6) is 0 Å². The van der Waals surface area contributed by atoms with Gasteiger partial charge in [0.1, 0.15) is 17.2 Å². The Morgan fingerprint density at radius 3 is 1.91 bits per heavy atom. The SMILES string of the molecule is CC(C)(C)c1ccnc(-n2c3ccccc3c3ccc(-n4c5ccc(C(C)(C)C)cc5c5ccc(-c6[nH]nc(-c7ccccc7)c6-c6ccccc6)nc54)cc32)c1. The normalized spacial score (nSPS) is 12.4. The average Bonchev–Trinajstić information content (AvgIpc) is 3.91. The highest BCUT2D eigenvalue weighted by atomic mass is 15.1. The van der Waals surface area contributed by atoms with E-state index >= 15 is 0 Å². The molecule has 10 rings (SSSR count). The van der Waals surface area contributed by atoms with Crippen molar-refractivity contribution in [3.63, 3.8) is 0 Å². The number of aromatic amines is 1. The Labute approximate surface area is 332 Å². The minimum Gasteiger partial charge on any atom is -0.294 e. The van der Waals surface area contributed by atoms with E-state index in [1.165, 1.54) is 27.3 Å². The van der Waals surface area contributed by atoms with Crippen LogP contribution >= 0.6 is 0 Å². The van der Waals surface area contributed by atoms with E-state index in [4.69, 9.17) is 15.1 Å². The fourth-order valence-electron chi connectivity index (χ4n) is 8.33. The lowest BCUT2D eigenvalue weighted by Crippen LogP contribution is -2.12. The first-order valence-electron chi connectivity index (χ1n) is 19.7. The van der Waals surface area contributed by atoms with Gasteiger partial charge in [-0.2, -0.15) is 5.10 Å². The molecular weight excluding hydrogens is 697 g/mol. The number of pyridine rings is 2. The second kappa shape index (κ2) is 12.9. The van der Waals surface area contributed by atoms with Crippen molar-refractivity contribution < 1.29 is 0 Å². The molecular formula is C51H44N6. The van der Waals surface area contributed by atoms with E-state index in [0.29, 0.717) is 0 Å². The summed E-state index contributed by atoms with van der Waals surface area (Å²) in [4.78, 5) is 10.5. The molecule has 0 amide bonds. The maximum absolute atomic E-state index is 5.56. The van der Waals surface area contributed by atoms with E-state index in [-0.39, 0.29) is 10.8 Å². The first-order valence-corrected chi connectivity index (χ1v) is 19.7. The molecule has 0 aliphatic carbocycles. The molecule has 0 saturated carbocycles. The lowest BCUT2D eigenvalue weighted by Gasteiger charge is -2.20. The van der Waals surface area contributed by atoms with Crippen molar-refractivity contribution in [3.05, 3.63) is 163 Å². The van der Waals surface area contributed by atoms with Crippen LogP contribution in [0.1, 0.15) is 52.7 Å². The second-order valence-electron chi connectivity index (χ2n) is 17.1. The summed E-state index contributed by atoms with van der Waals surface area (Å²) >= 11 is 0. The van der Waals surface area contributed by atoms with Crippen LogP contribution in [0.2, 0.25) is 0 Å². The van der Waals surface area contributed by atoms with E-state index in [9.17, 15) is 0 Å². The summed E-state index contributed by atoms with van der Waals surface area (Å²) in [7, 11) is 0. The van der Waals surface area contributed by atoms with Gasteiger partial charge in [0.25, 0.3) is 0 Å². The summed E-state index contributed by atoms with van der Waals surface area (Å²) in [5, 5.41) is 13.0. The number of hydrogen-bond acceptors (Lipinski definition) is 3. The van der Waals surface area contributed by atoms with Crippen molar-refractivity contribution in [2.75, 3.05) is 0 Å². The number of hydrogen-bond donors (Lipinski definition) is 1. The quantitative estimate of drug-likeness (QED) is 0.191. The summed E-state index contributed by atoms with van der Waals surface area (Å²) in [6.07, 6.45) is 1.94. The summed E-state index contributed by atoms with van der Waals surface area (Å²) < 4.78 is 4.65. The van der Waals surface area contributed by atoms with Gasteiger partial charge in [0, 0.05) is 44.6 Å². The largest absolute Gasteiger partial charge is 0.294 e. The van der Waals surface area contributed by atoms with Gasteiger partial charge in [-0.25, -0.2) is 9.97 Å². The molecule has 1 N–H and O–H groups in total. The number of nitrogens with zero attached hydrogens (tertiary/aromatic N) is 5. The van der Waals surface area contributed by atoms with Crippen LogP contribution in [0.15, 0.2) is 152 Å². The summed E-state index contributed by atoms with van der Waals surface area (Å²) in [6, 6.07) is 51.9. The molecule has 57 heavy (non-hydrogen) atoms. The van der Waals surface area contributed by atoms with Crippen molar-refractivity contribution in [1.29, 1.82) is 0 Å². The van der Waals surface area contributed by atoms with Crippen molar-refractivity contribution in [1.82, 2.24) is 29.3 Å². The van der Waals surface area contributed by atoms with Gasteiger partial charge in [0.15, 0.2) is 0 Å². The Morgan fingerprint density at radius 1 is 0.509 bits per heavy atom. The molecule has 0 spiro atoms. The van der Waals surface area contributed by atoms with Crippen LogP contribution in [0, 0.1) is 0 Å². The highest BCUT2D eigenvalue weighted by molar-refractivity contribution is 6.12. The van der Waals surface area contributed by atoms with Crippen LogP contribution in [0.3, 0.4) is 0 Å². The number of aromatic nitrogens is 6. The number of rotatable bonds is 5. The molecule has 0 unspecified atom stereocenters. The minimum absolute atomic E-state index is 0.0151. The van der Waals surface area contributed by atoms with Crippen LogP contribution in [-0.4, -0.2) is 29.3 Å². The Bertz CT molecular complexity index is 3130. The molecule has 278 valence electrons. The fourth-order valence-corrected chi connectivity index (χ4v) is 8.33. The Morgan fingerprint density at radius 2 is 1.16 bits per heavy atom. The Balaban J connectivity index is 1.25. The Hall–Kier alpha value is -6.79. The lowest BCUT2D eigenvalue weighted by molar-refractivity contribution is 0.588. The van der Waals surface area contributed by atoms with Gasteiger partial charge in [-0.3, -0.25) is 14.2 Å². The van der Waals surface area contributed by atoms with Crippen molar-refractivity contribution in [3.8, 4) is 45.3 Å². The smallest absolute Gasteiger partial charge is 0.146 e. The zero-order chi connectivity index (χ0) is 39.1. The molecule has 0 radical (unpaired) electrons. The van der Waals surface area contributed by atoms with Gasteiger partial charge in [0.05, 0.1) is 27.9 Å².